The number of H-pyrrole nitrogens is 1. The first-order valence-electron chi connectivity index (χ1n) is 6.09. The van der Waals surface area contributed by atoms with Crippen molar-refractivity contribution in [2.45, 2.75) is 26.8 Å². The van der Waals surface area contributed by atoms with Crippen LogP contribution in [0.4, 0.5) is 11.6 Å². The molecule has 0 spiro atoms. The second kappa shape index (κ2) is 5.35. The van der Waals surface area contributed by atoms with Gasteiger partial charge in [-0.25, -0.2) is 5.10 Å². The summed E-state index contributed by atoms with van der Waals surface area (Å²) < 4.78 is 2.70. The molecule has 5 heteroatoms. The molecule has 0 unspecified atom stereocenters. The molecule has 2 rings (SSSR count). The van der Waals surface area contributed by atoms with Crippen LogP contribution in [0.2, 0.25) is 0 Å². The largest absolute Gasteiger partial charge is 0.314 e. The van der Waals surface area contributed by atoms with Gasteiger partial charge < -0.3 is 4.90 Å². The molecule has 0 radical (unpaired) electrons. The number of nitrogens with zero attached hydrogens (tertiary/aromatic N) is 3. The van der Waals surface area contributed by atoms with Crippen LogP contribution in [0.15, 0.2) is 24.3 Å². The predicted molar refractivity (Wildman–Crippen MR) is 76.9 cm³/mol. The van der Waals surface area contributed by atoms with Crippen molar-refractivity contribution in [2.24, 2.45) is 0 Å². The molecular weight excluding hydrogens is 244 g/mol. The highest BCUT2D eigenvalue weighted by Crippen LogP contribution is 2.22. The van der Waals surface area contributed by atoms with E-state index in [2.05, 4.69) is 48.3 Å². The first-order valence-corrected chi connectivity index (χ1v) is 6.50. The molecule has 96 valence electrons. The SMILES string of the molecule is CCCn1c(N(C)c2ccc(C)cc2)n[nH]c1=S. The maximum Gasteiger partial charge on any atom is 0.229 e. The molecule has 1 aromatic carbocycles. The summed E-state index contributed by atoms with van der Waals surface area (Å²) in [5, 5.41) is 7.16. The van der Waals surface area contributed by atoms with E-state index in [1.807, 2.05) is 16.5 Å². The number of hydrogen-bond donors (Lipinski definition) is 1. The molecule has 1 N–H and O–H groups in total. The number of rotatable bonds is 4. The molecule has 1 heterocycles. The minimum atomic E-state index is 0.672. The Labute approximate surface area is 112 Å². The second-order valence-electron chi connectivity index (χ2n) is 4.37. The molecule has 0 amide bonds. The van der Waals surface area contributed by atoms with Crippen molar-refractivity contribution in [3.63, 3.8) is 0 Å². The van der Waals surface area contributed by atoms with Gasteiger partial charge in [0.25, 0.3) is 0 Å². The lowest BCUT2D eigenvalue weighted by atomic mass is 10.2. The van der Waals surface area contributed by atoms with E-state index in [1.54, 1.807) is 0 Å². The highest BCUT2D eigenvalue weighted by molar-refractivity contribution is 7.71. The van der Waals surface area contributed by atoms with Crippen molar-refractivity contribution in [1.82, 2.24) is 14.8 Å². The highest BCUT2D eigenvalue weighted by atomic mass is 32.1. The number of aromatic nitrogens is 3. The lowest BCUT2D eigenvalue weighted by Crippen LogP contribution is -2.15. The van der Waals surface area contributed by atoms with Gasteiger partial charge in [-0.05, 0) is 37.7 Å². The molecule has 0 aliphatic carbocycles. The van der Waals surface area contributed by atoms with Crippen LogP contribution < -0.4 is 4.90 Å². The van der Waals surface area contributed by atoms with Gasteiger partial charge >= 0.3 is 0 Å². The molecule has 0 aliphatic heterocycles. The van der Waals surface area contributed by atoms with Crippen LogP contribution >= 0.6 is 12.2 Å². The van der Waals surface area contributed by atoms with Gasteiger partial charge in [-0.3, -0.25) is 4.57 Å². The minimum absolute atomic E-state index is 0.672. The summed E-state index contributed by atoms with van der Waals surface area (Å²) in [5.41, 5.74) is 2.35. The molecule has 0 aliphatic rings. The van der Waals surface area contributed by atoms with Crippen LogP contribution in [0.25, 0.3) is 0 Å². The fraction of sp³-hybridized carbons (Fsp3) is 0.385. The van der Waals surface area contributed by atoms with Crippen molar-refractivity contribution < 1.29 is 0 Å². The molecule has 1 aromatic heterocycles. The molecule has 0 saturated heterocycles. The van der Waals surface area contributed by atoms with Gasteiger partial charge in [0, 0.05) is 19.3 Å². The first kappa shape index (κ1) is 12.8. The molecule has 0 saturated carbocycles. The predicted octanol–water partition coefficient (Wildman–Crippen LogP) is 3.43. The summed E-state index contributed by atoms with van der Waals surface area (Å²) in [6, 6.07) is 8.36. The van der Waals surface area contributed by atoms with Gasteiger partial charge in [-0.1, -0.05) is 24.6 Å². The van der Waals surface area contributed by atoms with Crippen molar-refractivity contribution in [3.8, 4) is 0 Å². The number of aryl methyl sites for hydroxylation is 1. The van der Waals surface area contributed by atoms with Gasteiger partial charge in [0.2, 0.25) is 5.95 Å². The van der Waals surface area contributed by atoms with E-state index < -0.39 is 0 Å². The standard InChI is InChI=1S/C13H18N4S/c1-4-9-17-12(14-15-13(17)18)16(3)11-7-5-10(2)6-8-11/h5-8H,4,9H2,1-3H3,(H,15,18). The van der Waals surface area contributed by atoms with Crippen LogP contribution in [0, 0.1) is 11.7 Å². The van der Waals surface area contributed by atoms with Crippen molar-refractivity contribution in [1.29, 1.82) is 0 Å². The fourth-order valence-corrected chi connectivity index (χ4v) is 2.09. The van der Waals surface area contributed by atoms with E-state index in [1.165, 1.54) is 5.56 Å². The Kier molecular flexibility index (Phi) is 3.81. The smallest absolute Gasteiger partial charge is 0.229 e. The van der Waals surface area contributed by atoms with E-state index in [0.717, 1.165) is 24.6 Å². The number of aromatic amines is 1. The first-order chi connectivity index (χ1) is 8.63. The Morgan fingerprint density at radius 2 is 2.00 bits per heavy atom. The van der Waals surface area contributed by atoms with Crippen LogP contribution in [-0.4, -0.2) is 21.8 Å². The molecular formula is C13H18N4S. The normalized spacial score (nSPS) is 10.6. The van der Waals surface area contributed by atoms with Crippen molar-refractivity contribution in [3.05, 3.63) is 34.6 Å². The zero-order valence-corrected chi connectivity index (χ0v) is 11.8. The fourth-order valence-electron chi connectivity index (χ4n) is 1.87. The van der Waals surface area contributed by atoms with Crippen LogP contribution in [0.3, 0.4) is 0 Å². The number of nitrogens with one attached hydrogen (secondary N) is 1. The Hall–Kier alpha value is -1.62. The topological polar surface area (TPSA) is 36.9 Å². The molecule has 2 aromatic rings. The second-order valence-corrected chi connectivity index (χ2v) is 4.76. The van der Waals surface area contributed by atoms with E-state index >= 15 is 0 Å². The third-order valence-electron chi connectivity index (χ3n) is 2.91. The third-order valence-corrected chi connectivity index (χ3v) is 3.22. The summed E-state index contributed by atoms with van der Waals surface area (Å²) in [6.45, 7) is 5.09. The van der Waals surface area contributed by atoms with Gasteiger partial charge in [0.15, 0.2) is 4.77 Å². The van der Waals surface area contributed by atoms with Crippen LogP contribution in [0.5, 0.6) is 0 Å². The number of anilines is 2. The molecule has 0 bridgehead atoms. The van der Waals surface area contributed by atoms with Gasteiger partial charge in [0.05, 0.1) is 0 Å². The van der Waals surface area contributed by atoms with E-state index in [0.29, 0.717) is 4.77 Å². The summed E-state index contributed by atoms with van der Waals surface area (Å²) in [5.74, 6) is 0.853. The maximum atomic E-state index is 5.25. The van der Waals surface area contributed by atoms with Gasteiger partial charge in [-0.15, -0.1) is 5.10 Å². The van der Waals surface area contributed by atoms with E-state index in [4.69, 9.17) is 12.2 Å². The minimum Gasteiger partial charge on any atom is -0.314 e. The maximum absolute atomic E-state index is 5.25. The zero-order valence-electron chi connectivity index (χ0n) is 11.0. The third kappa shape index (κ3) is 2.46. The van der Waals surface area contributed by atoms with Gasteiger partial charge in [-0.2, -0.15) is 0 Å². The Morgan fingerprint density at radius 3 is 2.61 bits per heavy atom. The lowest BCUT2D eigenvalue weighted by molar-refractivity contribution is 0.667. The Balaban J connectivity index is 2.36. The molecule has 4 nitrogen and oxygen atoms in total. The number of hydrogen-bond acceptors (Lipinski definition) is 3. The monoisotopic (exact) mass is 262 g/mol. The average Bonchev–Trinajstić information content (AvgIpc) is 2.72. The quantitative estimate of drug-likeness (QED) is 0.858. The highest BCUT2D eigenvalue weighted by Gasteiger charge is 2.11. The van der Waals surface area contributed by atoms with Crippen LogP contribution in [-0.2, 0) is 6.54 Å². The van der Waals surface area contributed by atoms with E-state index in [9.17, 15) is 0 Å². The molecule has 18 heavy (non-hydrogen) atoms. The average molecular weight is 262 g/mol. The van der Waals surface area contributed by atoms with E-state index in [-0.39, 0.29) is 0 Å². The molecule has 0 fully saturated rings. The summed E-state index contributed by atoms with van der Waals surface area (Å²) in [7, 11) is 2.00. The lowest BCUT2D eigenvalue weighted by Gasteiger charge is -2.18. The van der Waals surface area contributed by atoms with Crippen LogP contribution in [0.1, 0.15) is 18.9 Å². The van der Waals surface area contributed by atoms with Crippen molar-refractivity contribution >= 4 is 23.9 Å². The Bertz CT molecular complexity index is 567. The van der Waals surface area contributed by atoms with Gasteiger partial charge in [0.1, 0.15) is 0 Å². The number of benzene rings is 1. The summed E-state index contributed by atoms with van der Waals surface area (Å²) >= 11 is 5.25. The summed E-state index contributed by atoms with van der Waals surface area (Å²) in [6.07, 6.45) is 1.03. The summed E-state index contributed by atoms with van der Waals surface area (Å²) in [4.78, 5) is 2.04. The Morgan fingerprint density at radius 1 is 1.33 bits per heavy atom. The zero-order chi connectivity index (χ0) is 13.1. The van der Waals surface area contributed by atoms with Crippen molar-refractivity contribution in [2.75, 3.05) is 11.9 Å². The molecule has 0 atom stereocenters.